The summed E-state index contributed by atoms with van der Waals surface area (Å²) in [7, 11) is 1.72. The van der Waals surface area contributed by atoms with E-state index in [0.717, 1.165) is 31.6 Å². The molecule has 1 aromatic heterocycles. The summed E-state index contributed by atoms with van der Waals surface area (Å²) in [6, 6.07) is 11.5. The van der Waals surface area contributed by atoms with Crippen LogP contribution in [0.5, 0.6) is 0 Å². The highest BCUT2D eigenvalue weighted by Gasteiger charge is 2.32. The minimum absolute atomic E-state index is 0.0116. The fraction of sp³-hybridized carbons (Fsp3) is 0.444. The molecule has 1 fully saturated rings. The molecule has 1 amide bonds. The molecule has 1 aliphatic rings. The van der Waals surface area contributed by atoms with Crippen molar-refractivity contribution in [2.75, 3.05) is 33.4 Å². The highest BCUT2D eigenvalue weighted by atomic mass is 16.5. The summed E-state index contributed by atoms with van der Waals surface area (Å²) in [5.41, 5.74) is 1.38. The van der Waals surface area contributed by atoms with Gasteiger partial charge in [-0.2, -0.15) is 5.10 Å². The standard InChI is InChI=1S/C18H24N4O2/c1-24-14-18(8-10-19-11-9-18)13-20-17(23)16-7-12-22(21-16)15-5-3-2-4-6-15/h2-7,12,19H,8-11,13-14H2,1H3,(H,20,23). The van der Waals surface area contributed by atoms with Crippen LogP contribution in [0.2, 0.25) is 0 Å². The number of para-hydroxylation sites is 1. The summed E-state index contributed by atoms with van der Waals surface area (Å²) in [5.74, 6) is -0.140. The third kappa shape index (κ3) is 3.83. The van der Waals surface area contributed by atoms with Gasteiger partial charge in [0.05, 0.1) is 12.3 Å². The van der Waals surface area contributed by atoms with Gasteiger partial charge in [0.25, 0.3) is 5.91 Å². The molecular weight excluding hydrogens is 304 g/mol. The smallest absolute Gasteiger partial charge is 0.271 e. The van der Waals surface area contributed by atoms with E-state index in [1.807, 2.05) is 30.3 Å². The first-order valence-electron chi connectivity index (χ1n) is 8.31. The van der Waals surface area contributed by atoms with Crippen LogP contribution in [0.15, 0.2) is 42.6 Å². The number of aromatic nitrogens is 2. The van der Waals surface area contributed by atoms with Crippen molar-refractivity contribution in [3.8, 4) is 5.69 Å². The molecule has 0 radical (unpaired) electrons. The lowest BCUT2D eigenvalue weighted by molar-refractivity contribution is 0.0510. The van der Waals surface area contributed by atoms with Crippen LogP contribution in [0.1, 0.15) is 23.3 Å². The molecule has 0 saturated carbocycles. The van der Waals surface area contributed by atoms with Crippen molar-refractivity contribution >= 4 is 5.91 Å². The van der Waals surface area contributed by atoms with Gasteiger partial charge in [-0.25, -0.2) is 4.68 Å². The monoisotopic (exact) mass is 328 g/mol. The first-order chi connectivity index (χ1) is 11.7. The number of methoxy groups -OCH3 is 1. The molecule has 2 heterocycles. The van der Waals surface area contributed by atoms with Crippen molar-refractivity contribution in [2.45, 2.75) is 12.8 Å². The van der Waals surface area contributed by atoms with Crippen molar-refractivity contribution in [1.82, 2.24) is 20.4 Å². The van der Waals surface area contributed by atoms with Crippen molar-refractivity contribution in [3.05, 3.63) is 48.3 Å². The van der Waals surface area contributed by atoms with Gasteiger partial charge in [-0.15, -0.1) is 0 Å². The maximum atomic E-state index is 12.4. The number of rotatable bonds is 6. The number of hydrogen-bond donors (Lipinski definition) is 2. The third-order valence-corrected chi connectivity index (χ3v) is 4.58. The number of piperidine rings is 1. The summed E-state index contributed by atoms with van der Waals surface area (Å²) in [5, 5.41) is 10.8. The second-order valence-electron chi connectivity index (χ2n) is 6.35. The molecule has 1 aromatic carbocycles. The average molecular weight is 328 g/mol. The maximum absolute atomic E-state index is 12.4. The van der Waals surface area contributed by atoms with E-state index in [0.29, 0.717) is 18.8 Å². The van der Waals surface area contributed by atoms with E-state index in [1.165, 1.54) is 0 Å². The van der Waals surface area contributed by atoms with Gasteiger partial charge in [0.2, 0.25) is 0 Å². The first kappa shape index (κ1) is 16.7. The van der Waals surface area contributed by atoms with Crippen molar-refractivity contribution in [1.29, 1.82) is 0 Å². The lowest BCUT2D eigenvalue weighted by Crippen LogP contribution is -2.47. The van der Waals surface area contributed by atoms with Crippen molar-refractivity contribution in [3.63, 3.8) is 0 Å². The number of nitrogens with zero attached hydrogens (tertiary/aromatic N) is 2. The summed E-state index contributed by atoms with van der Waals surface area (Å²) >= 11 is 0. The van der Waals surface area contributed by atoms with E-state index in [2.05, 4.69) is 15.7 Å². The summed E-state index contributed by atoms with van der Waals surface area (Å²) < 4.78 is 7.10. The number of benzene rings is 1. The van der Waals surface area contributed by atoms with Crippen LogP contribution in [0, 0.1) is 5.41 Å². The predicted molar refractivity (Wildman–Crippen MR) is 92.3 cm³/mol. The molecule has 1 aliphatic heterocycles. The predicted octanol–water partition coefficient (Wildman–Crippen LogP) is 1.62. The quantitative estimate of drug-likeness (QED) is 0.845. The molecule has 6 nitrogen and oxygen atoms in total. The molecule has 1 saturated heterocycles. The van der Waals surface area contributed by atoms with E-state index in [-0.39, 0.29) is 11.3 Å². The van der Waals surface area contributed by atoms with Gasteiger partial charge in [0.1, 0.15) is 0 Å². The average Bonchev–Trinajstić information content (AvgIpc) is 3.12. The topological polar surface area (TPSA) is 68.2 Å². The molecule has 2 N–H and O–H groups in total. The molecule has 3 rings (SSSR count). The molecule has 128 valence electrons. The Kier molecular flexibility index (Phi) is 5.27. The molecule has 2 aromatic rings. The number of ether oxygens (including phenoxy) is 1. The summed E-state index contributed by atoms with van der Waals surface area (Å²) in [4.78, 5) is 12.4. The van der Waals surface area contributed by atoms with Crippen LogP contribution in [-0.2, 0) is 4.74 Å². The van der Waals surface area contributed by atoms with Gasteiger partial charge in [-0.3, -0.25) is 4.79 Å². The SMILES string of the molecule is COCC1(CNC(=O)c2ccn(-c3ccccc3)n2)CCNCC1. The molecular formula is C18H24N4O2. The van der Waals surface area contributed by atoms with Gasteiger partial charge in [0.15, 0.2) is 5.69 Å². The minimum atomic E-state index is -0.140. The molecule has 24 heavy (non-hydrogen) atoms. The Hall–Kier alpha value is -2.18. The zero-order chi connectivity index (χ0) is 16.8. The maximum Gasteiger partial charge on any atom is 0.271 e. The number of amides is 1. The summed E-state index contributed by atoms with van der Waals surface area (Å²) in [6.45, 7) is 3.19. The van der Waals surface area contributed by atoms with Gasteiger partial charge in [0, 0.05) is 25.3 Å². The van der Waals surface area contributed by atoms with Gasteiger partial charge >= 0.3 is 0 Å². The van der Waals surface area contributed by atoms with E-state index in [1.54, 1.807) is 24.1 Å². The number of carbonyl (C=O) groups is 1. The van der Waals surface area contributed by atoms with E-state index < -0.39 is 0 Å². The summed E-state index contributed by atoms with van der Waals surface area (Å²) in [6.07, 6.45) is 3.80. The highest BCUT2D eigenvalue weighted by Crippen LogP contribution is 2.28. The molecule has 0 bridgehead atoms. The minimum Gasteiger partial charge on any atom is -0.384 e. The molecule has 0 aliphatic carbocycles. The molecule has 0 spiro atoms. The van der Waals surface area contributed by atoms with Gasteiger partial charge < -0.3 is 15.4 Å². The second-order valence-corrected chi connectivity index (χ2v) is 6.35. The second kappa shape index (κ2) is 7.59. The fourth-order valence-corrected chi connectivity index (χ4v) is 3.16. The van der Waals surface area contributed by atoms with Crippen LogP contribution in [0.4, 0.5) is 0 Å². The largest absolute Gasteiger partial charge is 0.384 e. The zero-order valence-electron chi connectivity index (χ0n) is 14.0. The lowest BCUT2D eigenvalue weighted by atomic mass is 9.79. The van der Waals surface area contributed by atoms with Crippen LogP contribution in [0.3, 0.4) is 0 Å². The van der Waals surface area contributed by atoms with Crippen molar-refractivity contribution < 1.29 is 9.53 Å². The Morgan fingerprint density at radius 3 is 2.75 bits per heavy atom. The first-order valence-corrected chi connectivity index (χ1v) is 8.31. The number of nitrogens with one attached hydrogen (secondary N) is 2. The van der Waals surface area contributed by atoms with E-state index in [9.17, 15) is 4.79 Å². The number of hydrogen-bond acceptors (Lipinski definition) is 4. The van der Waals surface area contributed by atoms with E-state index in [4.69, 9.17) is 4.74 Å². The lowest BCUT2D eigenvalue weighted by Gasteiger charge is -2.37. The number of carbonyl (C=O) groups excluding carboxylic acids is 1. The van der Waals surface area contributed by atoms with Crippen LogP contribution >= 0.6 is 0 Å². The Morgan fingerprint density at radius 2 is 2.04 bits per heavy atom. The van der Waals surface area contributed by atoms with Crippen LogP contribution in [-0.4, -0.2) is 49.0 Å². The van der Waals surface area contributed by atoms with Crippen LogP contribution < -0.4 is 10.6 Å². The fourth-order valence-electron chi connectivity index (χ4n) is 3.16. The zero-order valence-corrected chi connectivity index (χ0v) is 14.0. The molecule has 0 atom stereocenters. The highest BCUT2D eigenvalue weighted by molar-refractivity contribution is 5.92. The van der Waals surface area contributed by atoms with Crippen LogP contribution in [0.25, 0.3) is 5.69 Å². The Balaban J connectivity index is 1.63. The van der Waals surface area contributed by atoms with Crippen molar-refractivity contribution in [2.24, 2.45) is 5.41 Å². The normalized spacial score (nSPS) is 16.7. The molecule has 6 heteroatoms. The Labute approximate surface area is 142 Å². The van der Waals surface area contributed by atoms with Gasteiger partial charge in [-0.05, 0) is 44.1 Å². The Morgan fingerprint density at radius 1 is 1.29 bits per heavy atom. The third-order valence-electron chi connectivity index (χ3n) is 4.58. The van der Waals surface area contributed by atoms with E-state index >= 15 is 0 Å². The van der Waals surface area contributed by atoms with Gasteiger partial charge in [-0.1, -0.05) is 18.2 Å². The Bertz CT molecular complexity index is 657. The molecule has 0 unspecified atom stereocenters.